The molecule has 0 saturated heterocycles. The quantitative estimate of drug-likeness (QED) is 0.774. The van der Waals surface area contributed by atoms with Gasteiger partial charge in [-0.25, -0.2) is 4.79 Å². The number of hydrogen-bond donors (Lipinski definition) is 1. The number of rotatable bonds is 6. The average Bonchev–Trinajstić information content (AvgIpc) is 2.64. The van der Waals surface area contributed by atoms with E-state index in [2.05, 4.69) is 6.92 Å². The van der Waals surface area contributed by atoms with E-state index in [4.69, 9.17) is 5.11 Å². The highest BCUT2D eigenvalue weighted by Gasteiger charge is 2.20. The highest BCUT2D eigenvalue weighted by Crippen LogP contribution is 2.19. The molecule has 0 amide bonds. The predicted molar refractivity (Wildman–Crippen MR) is 65.7 cm³/mol. The van der Waals surface area contributed by atoms with E-state index in [0.717, 1.165) is 18.5 Å². The van der Waals surface area contributed by atoms with Crippen LogP contribution in [0.5, 0.6) is 0 Å². The molecule has 17 heavy (non-hydrogen) atoms. The minimum Gasteiger partial charge on any atom is -0.478 e. The van der Waals surface area contributed by atoms with Gasteiger partial charge in [0, 0.05) is 19.2 Å². The molecule has 4 heteroatoms. The van der Waals surface area contributed by atoms with E-state index in [1.54, 1.807) is 0 Å². The Balaban J connectivity index is 3.29. The molecule has 94 valence electrons. The fraction of sp³-hybridized carbons (Fsp3) is 0.538. The summed E-state index contributed by atoms with van der Waals surface area (Å²) in [7, 11) is 0. The molecule has 0 aliphatic carbocycles. The molecule has 0 fully saturated rings. The fourth-order valence-corrected chi connectivity index (χ4v) is 2.02. The molecule has 0 saturated carbocycles. The molecular formula is C13H19NO3. The van der Waals surface area contributed by atoms with Crippen molar-refractivity contribution in [3.05, 3.63) is 23.0 Å². The van der Waals surface area contributed by atoms with Gasteiger partial charge in [0.2, 0.25) is 0 Å². The van der Waals surface area contributed by atoms with Crippen LogP contribution in [0, 0.1) is 0 Å². The van der Waals surface area contributed by atoms with Crippen molar-refractivity contribution in [3.63, 3.8) is 0 Å². The Bertz CT molecular complexity index is 432. The van der Waals surface area contributed by atoms with Crippen molar-refractivity contribution in [2.75, 3.05) is 0 Å². The maximum Gasteiger partial charge on any atom is 0.337 e. The largest absolute Gasteiger partial charge is 0.478 e. The SMILES string of the molecule is CCCCn1c(C(C)=O)cc(C(=O)O)c1CC. The number of aromatic carboxylic acids is 1. The second-order valence-electron chi connectivity index (χ2n) is 4.11. The molecule has 1 aromatic rings. The standard InChI is InChI=1S/C13H19NO3/c1-4-6-7-14-11(5-2)10(13(16)17)8-12(14)9(3)15/h8H,4-7H2,1-3H3,(H,16,17). The van der Waals surface area contributed by atoms with Gasteiger partial charge in [0.25, 0.3) is 0 Å². The number of carbonyl (C=O) groups excluding carboxylic acids is 1. The number of ketones is 1. The van der Waals surface area contributed by atoms with Crippen LogP contribution in [0.3, 0.4) is 0 Å². The van der Waals surface area contributed by atoms with Crippen molar-refractivity contribution in [2.24, 2.45) is 0 Å². The van der Waals surface area contributed by atoms with Crippen LogP contribution in [0.1, 0.15) is 60.2 Å². The van der Waals surface area contributed by atoms with Crippen molar-refractivity contribution in [1.82, 2.24) is 4.57 Å². The maximum atomic E-state index is 11.5. The molecule has 1 N–H and O–H groups in total. The highest BCUT2D eigenvalue weighted by molar-refractivity contribution is 5.97. The smallest absolute Gasteiger partial charge is 0.337 e. The summed E-state index contributed by atoms with van der Waals surface area (Å²) in [6.07, 6.45) is 2.58. The number of carboxylic acid groups (broad SMARTS) is 1. The lowest BCUT2D eigenvalue weighted by Gasteiger charge is -2.10. The summed E-state index contributed by atoms with van der Waals surface area (Å²) < 4.78 is 1.86. The Morgan fingerprint density at radius 3 is 2.41 bits per heavy atom. The van der Waals surface area contributed by atoms with E-state index >= 15 is 0 Å². The summed E-state index contributed by atoms with van der Waals surface area (Å²) in [5.74, 6) is -1.04. The van der Waals surface area contributed by atoms with Crippen LogP contribution in [0.25, 0.3) is 0 Å². The average molecular weight is 237 g/mol. The lowest BCUT2D eigenvalue weighted by molar-refractivity contribution is 0.0695. The van der Waals surface area contributed by atoms with Crippen LogP contribution in [0.2, 0.25) is 0 Å². The first kappa shape index (κ1) is 13.5. The van der Waals surface area contributed by atoms with Gasteiger partial charge in [-0.2, -0.15) is 0 Å². The Kier molecular flexibility index (Phi) is 4.49. The molecule has 1 aromatic heterocycles. The Morgan fingerprint density at radius 2 is 2.00 bits per heavy atom. The third-order valence-electron chi connectivity index (χ3n) is 2.87. The lowest BCUT2D eigenvalue weighted by Crippen LogP contribution is -2.10. The Labute approximate surface area is 101 Å². The second-order valence-corrected chi connectivity index (χ2v) is 4.11. The van der Waals surface area contributed by atoms with Crippen molar-refractivity contribution < 1.29 is 14.7 Å². The molecule has 0 bridgehead atoms. The molecule has 0 atom stereocenters. The molecular weight excluding hydrogens is 218 g/mol. The van der Waals surface area contributed by atoms with Gasteiger partial charge in [0.1, 0.15) is 0 Å². The number of carboxylic acids is 1. The van der Waals surface area contributed by atoms with E-state index in [1.165, 1.54) is 13.0 Å². The molecule has 1 heterocycles. The molecule has 0 unspecified atom stereocenters. The summed E-state index contributed by atoms with van der Waals surface area (Å²) in [5.41, 5.74) is 1.51. The van der Waals surface area contributed by atoms with Crippen molar-refractivity contribution in [1.29, 1.82) is 0 Å². The monoisotopic (exact) mass is 237 g/mol. The second kappa shape index (κ2) is 5.66. The molecule has 0 spiro atoms. The predicted octanol–water partition coefficient (Wildman–Crippen LogP) is 2.75. The third-order valence-corrected chi connectivity index (χ3v) is 2.87. The first-order valence-corrected chi connectivity index (χ1v) is 5.99. The van der Waals surface area contributed by atoms with Gasteiger partial charge >= 0.3 is 5.97 Å². The summed E-state index contributed by atoms with van der Waals surface area (Å²) in [4.78, 5) is 22.6. The van der Waals surface area contributed by atoms with E-state index in [0.29, 0.717) is 18.7 Å². The summed E-state index contributed by atoms with van der Waals surface area (Å²) >= 11 is 0. The number of Topliss-reactive ketones (excluding diaryl/α,β-unsaturated/α-hetero) is 1. The van der Waals surface area contributed by atoms with Crippen molar-refractivity contribution in [2.45, 2.75) is 46.6 Å². The third kappa shape index (κ3) is 2.75. The normalized spacial score (nSPS) is 10.5. The van der Waals surface area contributed by atoms with Gasteiger partial charge in [-0.3, -0.25) is 4.79 Å². The Hall–Kier alpha value is -1.58. The summed E-state index contributed by atoms with van der Waals surface area (Å²) in [5, 5.41) is 9.12. The molecule has 4 nitrogen and oxygen atoms in total. The summed E-state index contributed by atoms with van der Waals surface area (Å²) in [6.45, 7) is 6.17. The van der Waals surface area contributed by atoms with Gasteiger partial charge in [-0.1, -0.05) is 20.3 Å². The van der Waals surface area contributed by atoms with Crippen LogP contribution in [-0.2, 0) is 13.0 Å². The zero-order valence-electron chi connectivity index (χ0n) is 10.6. The minimum absolute atomic E-state index is 0.0803. The highest BCUT2D eigenvalue weighted by atomic mass is 16.4. The fourth-order valence-electron chi connectivity index (χ4n) is 2.02. The molecule has 0 aromatic carbocycles. The van der Waals surface area contributed by atoms with Gasteiger partial charge in [-0.05, 0) is 18.9 Å². The van der Waals surface area contributed by atoms with Gasteiger partial charge in [0.05, 0.1) is 11.3 Å². The molecule has 0 aliphatic rings. The lowest BCUT2D eigenvalue weighted by atomic mass is 10.2. The zero-order chi connectivity index (χ0) is 13.0. The van der Waals surface area contributed by atoms with Crippen LogP contribution in [0.15, 0.2) is 6.07 Å². The van der Waals surface area contributed by atoms with Crippen LogP contribution in [-0.4, -0.2) is 21.4 Å². The van der Waals surface area contributed by atoms with Crippen molar-refractivity contribution >= 4 is 11.8 Å². The van der Waals surface area contributed by atoms with Crippen LogP contribution in [0.4, 0.5) is 0 Å². The first-order valence-electron chi connectivity index (χ1n) is 5.99. The van der Waals surface area contributed by atoms with E-state index in [-0.39, 0.29) is 11.3 Å². The van der Waals surface area contributed by atoms with E-state index < -0.39 is 5.97 Å². The summed E-state index contributed by atoms with van der Waals surface area (Å²) in [6, 6.07) is 1.50. The molecule has 0 aliphatic heterocycles. The van der Waals surface area contributed by atoms with E-state index in [9.17, 15) is 9.59 Å². The minimum atomic E-state index is -0.959. The van der Waals surface area contributed by atoms with Crippen LogP contribution >= 0.6 is 0 Å². The topological polar surface area (TPSA) is 59.3 Å². The number of carbonyl (C=O) groups is 2. The van der Waals surface area contributed by atoms with Gasteiger partial charge in [-0.15, -0.1) is 0 Å². The number of nitrogens with zero attached hydrogens (tertiary/aromatic N) is 1. The molecule has 0 radical (unpaired) electrons. The maximum absolute atomic E-state index is 11.5. The van der Waals surface area contributed by atoms with Gasteiger partial charge in [0.15, 0.2) is 5.78 Å². The zero-order valence-corrected chi connectivity index (χ0v) is 10.6. The van der Waals surface area contributed by atoms with E-state index in [1.807, 2.05) is 11.5 Å². The van der Waals surface area contributed by atoms with Crippen LogP contribution < -0.4 is 0 Å². The number of hydrogen-bond acceptors (Lipinski definition) is 2. The number of aromatic nitrogens is 1. The van der Waals surface area contributed by atoms with Gasteiger partial charge < -0.3 is 9.67 Å². The molecule has 1 rings (SSSR count). The number of unbranched alkanes of at least 4 members (excludes halogenated alkanes) is 1. The Morgan fingerprint density at radius 1 is 1.35 bits per heavy atom. The first-order chi connectivity index (χ1) is 8.02. The van der Waals surface area contributed by atoms with Crippen molar-refractivity contribution in [3.8, 4) is 0 Å².